The number of morpholine rings is 1. The standard InChI is InChI=1S/C17H22FN3O2/c1-11(2)16-19-17(23-20-16)12(3)21-8-9-22-15(10-21)13-4-6-14(18)7-5-13/h4-7,11-12,15H,8-10H2,1-3H3/t12-,15-/m1/s1. The molecule has 1 fully saturated rings. The molecule has 1 saturated heterocycles. The largest absolute Gasteiger partial charge is 0.371 e. The van der Waals surface area contributed by atoms with Crippen LogP contribution in [-0.2, 0) is 4.74 Å². The van der Waals surface area contributed by atoms with E-state index in [9.17, 15) is 4.39 Å². The Morgan fingerprint density at radius 2 is 1.96 bits per heavy atom. The number of ether oxygens (including phenoxy) is 1. The summed E-state index contributed by atoms with van der Waals surface area (Å²) in [6.45, 7) is 8.28. The molecule has 1 aliphatic heterocycles. The number of rotatable bonds is 4. The first-order chi connectivity index (χ1) is 11.0. The molecule has 0 spiro atoms. The smallest absolute Gasteiger partial charge is 0.243 e. The normalized spacial score (nSPS) is 20.8. The second-order valence-corrected chi connectivity index (χ2v) is 6.23. The molecular formula is C17H22FN3O2. The summed E-state index contributed by atoms with van der Waals surface area (Å²) in [5, 5.41) is 4.03. The number of hydrogen-bond acceptors (Lipinski definition) is 5. The average Bonchev–Trinajstić information content (AvgIpc) is 3.05. The molecule has 1 aromatic carbocycles. The molecule has 1 aliphatic rings. The van der Waals surface area contributed by atoms with Crippen LogP contribution >= 0.6 is 0 Å². The van der Waals surface area contributed by atoms with E-state index in [0.717, 1.165) is 17.9 Å². The van der Waals surface area contributed by atoms with Gasteiger partial charge in [0, 0.05) is 19.0 Å². The predicted molar refractivity (Wildman–Crippen MR) is 83.5 cm³/mol. The molecule has 3 rings (SSSR count). The van der Waals surface area contributed by atoms with Crippen LogP contribution < -0.4 is 0 Å². The lowest BCUT2D eigenvalue weighted by molar-refractivity contribution is -0.0469. The van der Waals surface area contributed by atoms with Gasteiger partial charge in [-0.15, -0.1) is 0 Å². The third kappa shape index (κ3) is 3.59. The molecule has 0 aliphatic carbocycles. The number of benzene rings is 1. The average molecular weight is 319 g/mol. The van der Waals surface area contributed by atoms with Crippen LogP contribution in [0.2, 0.25) is 0 Å². The minimum atomic E-state index is -0.234. The molecule has 2 atom stereocenters. The molecule has 2 aromatic rings. The van der Waals surface area contributed by atoms with Gasteiger partial charge in [-0.2, -0.15) is 4.98 Å². The predicted octanol–water partition coefficient (Wildman–Crippen LogP) is 3.47. The second-order valence-electron chi connectivity index (χ2n) is 6.23. The van der Waals surface area contributed by atoms with Gasteiger partial charge in [-0.1, -0.05) is 31.1 Å². The van der Waals surface area contributed by atoms with E-state index in [4.69, 9.17) is 9.26 Å². The monoisotopic (exact) mass is 319 g/mol. The summed E-state index contributed by atoms with van der Waals surface area (Å²) < 4.78 is 24.3. The van der Waals surface area contributed by atoms with Crippen molar-refractivity contribution in [3.63, 3.8) is 0 Å². The molecule has 0 radical (unpaired) electrons. The first-order valence-corrected chi connectivity index (χ1v) is 7.99. The van der Waals surface area contributed by atoms with Gasteiger partial charge >= 0.3 is 0 Å². The SMILES string of the molecule is CC(C)c1noc([C@@H](C)N2CCO[C@@H](c3ccc(F)cc3)C2)n1. The van der Waals surface area contributed by atoms with Gasteiger partial charge in [-0.3, -0.25) is 4.90 Å². The molecule has 0 saturated carbocycles. The number of nitrogens with zero attached hydrogens (tertiary/aromatic N) is 3. The van der Waals surface area contributed by atoms with Crippen LogP contribution in [0.1, 0.15) is 56.1 Å². The van der Waals surface area contributed by atoms with Crippen LogP contribution in [0, 0.1) is 5.82 Å². The summed E-state index contributed by atoms with van der Waals surface area (Å²) in [6.07, 6.45) is -0.0701. The van der Waals surface area contributed by atoms with Crippen molar-refractivity contribution in [2.24, 2.45) is 0 Å². The van der Waals surface area contributed by atoms with Crippen molar-refractivity contribution in [3.05, 3.63) is 47.4 Å². The zero-order valence-electron chi connectivity index (χ0n) is 13.7. The third-order valence-electron chi connectivity index (χ3n) is 4.22. The quantitative estimate of drug-likeness (QED) is 0.864. The molecule has 2 heterocycles. The second kappa shape index (κ2) is 6.76. The highest BCUT2D eigenvalue weighted by atomic mass is 19.1. The summed E-state index contributed by atoms with van der Waals surface area (Å²) in [5.74, 6) is 1.38. The molecule has 5 nitrogen and oxygen atoms in total. The molecule has 0 bridgehead atoms. The molecule has 0 amide bonds. The summed E-state index contributed by atoms with van der Waals surface area (Å²) in [7, 11) is 0. The van der Waals surface area contributed by atoms with E-state index in [1.807, 2.05) is 13.8 Å². The van der Waals surface area contributed by atoms with Crippen LogP contribution in [0.25, 0.3) is 0 Å². The maximum atomic E-state index is 13.1. The maximum absolute atomic E-state index is 13.1. The van der Waals surface area contributed by atoms with Crippen LogP contribution in [0.4, 0.5) is 4.39 Å². The lowest BCUT2D eigenvalue weighted by Crippen LogP contribution is -2.40. The van der Waals surface area contributed by atoms with Crippen LogP contribution in [0.3, 0.4) is 0 Å². The first kappa shape index (κ1) is 16.1. The first-order valence-electron chi connectivity index (χ1n) is 7.99. The number of aromatic nitrogens is 2. The zero-order chi connectivity index (χ0) is 16.4. The Morgan fingerprint density at radius 1 is 1.22 bits per heavy atom. The van der Waals surface area contributed by atoms with E-state index in [-0.39, 0.29) is 23.9 Å². The summed E-state index contributed by atoms with van der Waals surface area (Å²) in [6, 6.07) is 6.51. The molecule has 1 aromatic heterocycles. The number of hydrogen-bond donors (Lipinski definition) is 0. The molecule has 6 heteroatoms. The van der Waals surface area contributed by atoms with Gasteiger partial charge in [0.1, 0.15) is 5.82 Å². The lowest BCUT2D eigenvalue weighted by Gasteiger charge is -2.35. The van der Waals surface area contributed by atoms with E-state index in [0.29, 0.717) is 19.0 Å². The highest BCUT2D eigenvalue weighted by molar-refractivity contribution is 5.19. The molecule has 23 heavy (non-hydrogen) atoms. The van der Waals surface area contributed by atoms with Gasteiger partial charge in [0.15, 0.2) is 5.82 Å². The summed E-state index contributed by atoms with van der Waals surface area (Å²) >= 11 is 0. The van der Waals surface area contributed by atoms with E-state index < -0.39 is 0 Å². The molecular weight excluding hydrogens is 297 g/mol. The van der Waals surface area contributed by atoms with Gasteiger partial charge in [-0.25, -0.2) is 4.39 Å². The minimum Gasteiger partial charge on any atom is -0.371 e. The number of halogens is 1. The molecule has 0 N–H and O–H groups in total. The van der Waals surface area contributed by atoms with Gasteiger partial charge in [0.2, 0.25) is 5.89 Å². The molecule has 0 unspecified atom stereocenters. The topological polar surface area (TPSA) is 51.4 Å². The van der Waals surface area contributed by atoms with Crippen molar-refractivity contribution in [1.82, 2.24) is 15.0 Å². The Balaban J connectivity index is 1.70. The van der Waals surface area contributed by atoms with Gasteiger partial charge in [0.05, 0.1) is 18.8 Å². The van der Waals surface area contributed by atoms with Gasteiger partial charge < -0.3 is 9.26 Å². The highest BCUT2D eigenvalue weighted by Gasteiger charge is 2.29. The lowest BCUT2D eigenvalue weighted by atomic mass is 10.1. The van der Waals surface area contributed by atoms with Crippen molar-refractivity contribution in [2.45, 2.75) is 38.8 Å². The summed E-state index contributed by atoms with van der Waals surface area (Å²) in [4.78, 5) is 6.74. The van der Waals surface area contributed by atoms with Crippen LogP contribution in [0.5, 0.6) is 0 Å². The Morgan fingerprint density at radius 3 is 2.61 bits per heavy atom. The fourth-order valence-corrected chi connectivity index (χ4v) is 2.71. The van der Waals surface area contributed by atoms with Crippen molar-refractivity contribution in [1.29, 1.82) is 0 Å². The van der Waals surface area contributed by atoms with Crippen molar-refractivity contribution in [3.8, 4) is 0 Å². The van der Waals surface area contributed by atoms with Gasteiger partial charge in [0.25, 0.3) is 0 Å². The van der Waals surface area contributed by atoms with Crippen LogP contribution in [0.15, 0.2) is 28.8 Å². The Hall–Kier alpha value is -1.79. The Kier molecular flexibility index (Phi) is 4.73. The Labute approximate surface area is 135 Å². The fraction of sp³-hybridized carbons (Fsp3) is 0.529. The van der Waals surface area contributed by atoms with E-state index in [1.54, 1.807) is 12.1 Å². The van der Waals surface area contributed by atoms with E-state index >= 15 is 0 Å². The van der Waals surface area contributed by atoms with Crippen molar-refractivity contribution in [2.75, 3.05) is 19.7 Å². The molecule has 124 valence electrons. The van der Waals surface area contributed by atoms with Crippen LogP contribution in [-0.4, -0.2) is 34.7 Å². The van der Waals surface area contributed by atoms with E-state index in [1.165, 1.54) is 12.1 Å². The minimum absolute atomic E-state index is 0.0295. The summed E-state index contributed by atoms with van der Waals surface area (Å²) in [5.41, 5.74) is 0.983. The maximum Gasteiger partial charge on any atom is 0.243 e. The van der Waals surface area contributed by atoms with E-state index in [2.05, 4.69) is 22.0 Å². The highest BCUT2D eigenvalue weighted by Crippen LogP contribution is 2.28. The zero-order valence-corrected chi connectivity index (χ0v) is 13.7. The fourth-order valence-electron chi connectivity index (χ4n) is 2.71. The van der Waals surface area contributed by atoms with Crippen molar-refractivity contribution >= 4 is 0 Å². The van der Waals surface area contributed by atoms with Crippen molar-refractivity contribution < 1.29 is 13.7 Å². The Bertz CT molecular complexity index is 642. The third-order valence-corrected chi connectivity index (χ3v) is 4.22. The van der Waals surface area contributed by atoms with Gasteiger partial charge in [-0.05, 0) is 24.6 Å².